The van der Waals surface area contributed by atoms with Crippen LogP contribution in [0.15, 0.2) is 34.9 Å². The zero-order chi connectivity index (χ0) is 16.2. The molecule has 1 aliphatic heterocycles. The predicted octanol–water partition coefficient (Wildman–Crippen LogP) is 3.32. The molecule has 23 heavy (non-hydrogen) atoms. The van der Waals surface area contributed by atoms with Gasteiger partial charge in [-0.05, 0) is 44.6 Å². The predicted molar refractivity (Wildman–Crippen MR) is 89.1 cm³/mol. The summed E-state index contributed by atoms with van der Waals surface area (Å²) in [6, 6.07) is 10.6. The van der Waals surface area contributed by atoms with Gasteiger partial charge in [0.1, 0.15) is 5.76 Å². The Morgan fingerprint density at radius 3 is 2.52 bits per heavy atom. The molecule has 1 saturated heterocycles. The molecular formula is C19H24N2O2. The van der Waals surface area contributed by atoms with E-state index in [1.807, 2.05) is 18.7 Å². The number of nitrogens with zero attached hydrogens (tertiary/aromatic N) is 2. The number of aryl methyl sites for hydroxylation is 2. The molecule has 3 rings (SSSR count). The van der Waals surface area contributed by atoms with Gasteiger partial charge in [0.2, 0.25) is 5.91 Å². The number of carbonyl (C=O) groups is 1. The molecule has 4 nitrogen and oxygen atoms in total. The topological polar surface area (TPSA) is 46.3 Å². The van der Waals surface area contributed by atoms with Crippen molar-refractivity contribution in [3.05, 3.63) is 52.9 Å². The van der Waals surface area contributed by atoms with Crippen molar-refractivity contribution in [3.8, 4) is 0 Å². The highest BCUT2D eigenvalue weighted by molar-refractivity contribution is 5.79. The molecule has 0 atom stereocenters. The lowest BCUT2D eigenvalue weighted by Gasteiger charge is -2.32. The quantitative estimate of drug-likeness (QED) is 0.870. The van der Waals surface area contributed by atoms with Gasteiger partial charge in [-0.3, -0.25) is 4.79 Å². The molecule has 2 heterocycles. The van der Waals surface area contributed by atoms with Crippen LogP contribution in [0.4, 0.5) is 0 Å². The van der Waals surface area contributed by atoms with Crippen LogP contribution in [0.3, 0.4) is 0 Å². The molecule has 0 spiro atoms. The zero-order valence-electron chi connectivity index (χ0n) is 13.9. The van der Waals surface area contributed by atoms with Crippen LogP contribution in [0, 0.1) is 19.8 Å². The minimum Gasteiger partial charge on any atom is -0.361 e. The van der Waals surface area contributed by atoms with Gasteiger partial charge in [0.15, 0.2) is 0 Å². The number of hydrogen-bond donors (Lipinski definition) is 0. The Bertz CT molecular complexity index is 636. The summed E-state index contributed by atoms with van der Waals surface area (Å²) in [6.45, 7) is 5.49. The van der Waals surface area contributed by atoms with E-state index in [0.717, 1.165) is 49.4 Å². The standard InChI is InChI=1S/C19H24N2O2/c1-14-18(15(2)23-20-14)13-19(22)21-10-8-17(9-11-21)12-16-6-4-3-5-7-16/h3-7,17H,8-13H2,1-2H3. The van der Waals surface area contributed by atoms with Crippen LogP contribution in [-0.4, -0.2) is 29.1 Å². The molecule has 2 aromatic rings. The van der Waals surface area contributed by atoms with Gasteiger partial charge in [-0.2, -0.15) is 0 Å². The van der Waals surface area contributed by atoms with Crippen LogP contribution < -0.4 is 0 Å². The van der Waals surface area contributed by atoms with Gasteiger partial charge >= 0.3 is 0 Å². The van der Waals surface area contributed by atoms with E-state index < -0.39 is 0 Å². The third-order valence-corrected chi connectivity index (χ3v) is 4.84. The minimum absolute atomic E-state index is 0.192. The molecule has 122 valence electrons. The molecule has 0 saturated carbocycles. The van der Waals surface area contributed by atoms with Gasteiger partial charge in [-0.15, -0.1) is 0 Å². The summed E-state index contributed by atoms with van der Waals surface area (Å²) in [5, 5.41) is 3.93. The third-order valence-electron chi connectivity index (χ3n) is 4.84. The molecule has 0 aliphatic carbocycles. The van der Waals surface area contributed by atoms with E-state index in [0.29, 0.717) is 12.3 Å². The summed E-state index contributed by atoms with van der Waals surface area (Å²) in [7, 11) is 0. The first-order chi connectivity index (χ1) is 11.1. The molecule has 0 radical (unpaired) electrons. The number of likely N-dealkylation sites (tertiary alicyclic amines) is 1. The molecule has 0 unspecified atom stereocenters. The van der Waals surface area contributed by atoms with E-state index >= 15 is 0 Å². The number of rotatable bonds is 4. The Morgan fingerprint density at radius 1 is 1.22 bits per heavy atom. The maximum atomic E-state index is 12.5. The largest absolute Gasteiger partial charge is 0.361 e. The summed E-state index contributed by atoms with van der Waals surface area (Å²) in [4.78, 5) is 14.5. The smallest absolute Gasteiger partial charge is 0.227 e. The fourth-order valence-corrected chi connectivity index (χ4v) is 3.35. The highest BCUT2D eigenvalue weighted by Crippen LogP contribution is 2.23. The number of aromatic nitrogens is 1. The Kier molecular flexibility index (Phi) is 4.79. The number of benzene rings is 1. The van der Waals surface area contributed by atoms with E-state index in [-0.39, 0.29) is 5.91 Å². The summed E-state index contributed by atoms with van der Waals surface area (Å²) in [5.41, 5.74) is 3.17. The second kappa shape index (κ2) is 6.99. The molecule has 1 fully saturated rings. The Balaban J connectivity index is 1.51. The summed E-state index contributed by atoms with van der Waals surface area (Å²) < 4.78 is 5.15. The van der Waals surface area contributed by atoms with Crippen molar-refractivity contribution in [2.24, 2.45) is 5.92 Å². The average Bonchev–Trinajstić information content (AvgIpc) is 2.88. The normalized spacial score (nSPS) is 15.8. The highest BCUT2D eigenvalue weighted by atomic mass is 16.5. The highest BCUT2D eigenvalue weighted by Gasteiger charge is 2.24. The third kappa shape index (κ3) is 3.81. The van der Waals surface area contributed by atoms with Crippen molar-refractivity contribution in [2.75, 3.05) is 13.1 Å². The van der Waals surface area contributed by atoms with Gasteiger partial charge in [0.05, 0.1) is 12.1 Å². The molecule has 0 bridgehead atoms. The van der Waals surface area contributed by atoms with E-state index in [2.05, 4.69) is 35.5 Å². The van der Waals surface area contributed by atoms with Crippen LogP contribution in [0.5, 0.6) is 0 Å². The fraction of sp³-hybridized carbons (Fsp3) is 0.474. The molecule has 1 amide bonds. The first kappa shape index (κ1) is 15.8. The van der Waals surface area contributed by atoms with Crippen LogP contribution in [-0.2, 0) is 17.6 Å². The van der Waals surface area contributed by atoms with Crippen LogP contribution in [0.25, 0.3) is 0 Å². The summed E-state index contributed by atoms with van der Waals surface area (Å²) in [5.74, 6) is 1.63. The van der Waals surface area contributed by atoms with Gasteiger partial charge in [-0.1, -0.05) is 35.5 Å². The first-order valence-corrected chi connectivity index (χ1v) is 8.37. The maximum Gasteiger partial charge on any atom is 0.227 e. The Labute approximate surface area is 137 Å². The van der Waals surface area contributed by atoms with E-state index in [9.17, 15) is 4.79 Å². The van der Waals surface area contributed by atoms with Crippen molar-refractivity contribution in [1.82, 2.24) is 10.1 Å². The molecule has 1 aliphatic rings. The zero-order valence-corrected chi connectivity index (χ0v) is 13.9. The number of amides is 1. The minimum atomic E-state index is 0.192. The molecule has 1 aromatic carbocycles. The van der Waals surface area contributed by atoms with Gasteiger partial charge < -0.3 is 9.42 Å². The van der Waals surface area contributed by atoms with Gasteiger partial charge in [0, 0.05) is 18.7 Å². The van der Waals surface area contributed by atoms with Crippen LogP contribution >= 0.6 is 0 Å². The van der Waals surface area contributed by atoms with E-state index in [4.69, 9.17) is 4.52 Å². The van der Waals surface area contributed by atoms with Crippen molar-refractivity contribution in [2.45, 2.75) is 39.5 Å². The molecule has 4 heteroatoms. The number of hydrogen-bond acceptors (Lipinski definition) is 3. The fourth-order valence-electron chi connectivity index (χ4n) is 3.35. The number of piperidine rings is 1. The first-order valence-electron chi connectivity index (χ1n) is 8.37. The molecule has 1 aromatic heterocycles. The average molecular weight is 312 g/mol. The van der Waals surface area contributed by atoms with Gasteiger partial charge in [-0.25, -0.2) is 0 Å². The Hall–Kier alpha value is -2.10. The van der Waals surface area contributed by atoms with Crippen molar-refractivity contribution < 1.29 is 9.32 Å². The van der Waals surface area contributed by atoms with E-state index in [1.165, 1.54) is 5.56 Å². The molecule has 0 N–H and O–H groups in total. The number of carbonyl (C=O) groups excluding carboxylic acids is 1. The van der Waals surface area contributed by atoms with Crippen molar-refractivity contribution in [3.63, 3.8) is 0 Å². The SMILES string of the molecule is Cc1noc(C)c1CC(=O)N1CCC(Cc2ccccc2)CC1. The van der Waals surface area contributed by atoms with Crippen LogP contribution in [0.1, 0.15) is 35.4 Å². The summed E-state index contributed by atoms with van der Waals surface area (Å²) in [6.07, 6.45) is 3.70. The van der Waals surface area contributed by atoms with Crippen molar-refractivity contribution >= 4 is 5.91 Å². The van der Waals surface area contributed by atoms with E-state index in [1.54, 1.807) is 0 Å². The lowest BCUT2D eigenvalue weighted by molar-refractivity contribution is -0.131. The lowest BCUT2D eigenvalue weighted by Crippen LogP contribution is -2.39. The van der Waals surface area contributed by atoms with Crippen LogP contribution in [0.2, 0.25) is 0 Å². The monoisotopic (exact) mass is 312 g/mol. The second-order valence-corrected chi connectivity index (χ2v) is 6.49. The van der Waals surface area contributed by atoms with Crippen molar-refractivity contribution in [1.29, 1.82) is 0 Å². The molecular weight excluding hydrogens is 288 g/mol. The Morgan fingerprint density at radius 2 is 1.91 bits per heavy atom. The van der Waals surface area contributed by atoms with Gasteiger partial charge in [0.25, 0.3) is 0 Å². The second-order valence-electron chi connectivity index (χ2n) is 6.49. The lowest BCUT2D eigenvalue weighted by atomic mass is 9.90. The maximum absolute atomic E-state index is 12.5. The summed E-state index contributed by atoms with van der Waals surface area (Å²) >= 11 is 0.